The summed E-state index contributed by atoms with van der Waals surface area (Å²) in [6.07, 6.45) is 10.3. The van der Waals surface area contributed by atoms with Crippen molar-refractivity contribution >= 4 is 35.5 Å². The van der Waals surface area contributed by atoms with Gasteiger partial charge >= 0.3 is 12.0 Å². The third-order valence-electron chi connectivity index (χ3n) is 11.1. The van der Waals surface area contributed by atoms with Crippen molar-refractivity contribution in [2.45, 2.75) is 148 Å². The molecule has 1 saturated heterocycles. The minimum absolute atomic E-state index is 0.0514. The highest BCUT2D eigenvalue weighted by atomic mass is 16.6. The summed E-state index contributed by atoms with van der Waals surface area (Å²) in [5, 5.41) is 11.2. The maximum Gasteiger partial charge on any atom is 0.315 e. The molecule has 1 heterocycles. The molecule has 0 bridgehead atoms. The molecule has 0 aromatic heterocycles. The van der Waals surface area contributed by atoms with Crippen LogP contribution in [0.1, 0.15) is 119 Å². The number of likely N-dealkylation sites (tertiary alicyclic amines) is 1. The number of ketones is 1. The molecule has 4 rings (SSSR count). The Morgan fingerprint density at radius 3 is 2.22 bits per heavy atom. The molecule has 0 aromatic carbocycles. The second-order valence-electron chi connectivity index (χ2n) is 16.5. The quantitative estimate of drug-likeness (QED) is 0.122. The lowest BCUT2D eigenvalue weighted by Crippen LogP contribution is -2.61. The average molecular weight is 686 g/mol. The van der Waals surface area contributed by atoms with Crippen LogP contribution in [0.25, 0.3) is 0 Å². The number of hydrogen-bond acceptors (Lipinski definition) is 7. The van der Waals surface area contributed by atoms with Gasteiger partial charge in [0.05, 0.1) is 12.5 Å². The molecule has 1 unspecified atom stereocenters. The molecule has 3 aliphatic carbocycles. The first-order valence-electron chi connectivity index (χ1n) is 18.3. The number of fused-ring (bicyclic) bond motifs is 1. The van der Waals surface area contributed by atoms with E-state index in [2.05, 4.69) is 41.7 Å². The predicted octanol–water partition coefficient (Wildman–Crippen LogP) is 3.92. The van der Waals surface area contributed by atoms with Gasteiger partial charge in [-0.3, -0.25) is 24.0 Å². The highest BCUT2D eigenvalue weighted by molar-refractivity contribution is 6.38. The fourth-order valence-electron chi connectivity index (χ4n) is 8.24. The summed E-state index contributed by atoms with van der Waals surface area (Å²) in [4.78, 5) is 81.8. The Balaban J connectivity index is 1.45. The zero-order valence-electron chi connectivity index (χ0n) is 30.5. The molecule has 3 saturated carbocycles. The number of carbonyl (C=O) groups is 6. The van der Waals surface area contributed by atoms with Crippen LogP contribution in [0.4, 0.5) is 4.79 Å². The largest absolute Gasteiger partial charge is 0.459 e. The summed E-state index contributed by atoms with van der Waals surface area (Å²) in [6, 6.07) is -3.20. The van der Waals surface area contributed by atoms with E-state index in [-0.39, 0.29) is 48.5 Å². The number of nitrogens with zero attached hydrogens (tertiary/aromatic N) is 1. The molecule has 5 amide bonds. The molecular weight excluding hydrogens is 626 g/mol. The number of Topliss-reactive ketones (excluding diaryl/α,β-unsaturated/α-hetero) is 1. The summed E-state index contributed by atoms with van der Waals surface area (Å²) in [5.41, 5.74) is -1.16. The van der Waals surface area contributed by atoms with Crippen LogP contribution in [0.15, 0.2) is 12.7 Å². The Bertz CT molecular complexity index is 1280. The van der Waals surface area contributed by atoms with Gasteiger partial charge in [0.25, 0.3) is 5.91 Å². The Kier molecular flexibility index (Phi) is 12.2. The van der Waals surface area contributed by atoms with Gasteiger partial charge in [-0.05, 0) is 102 Å². The second kappa shape index (κ2) is 15.6. The van der Waals surface area contributed by atoms with E-state index < -0.39 is 58.9 Å². The summed E-state index contributed by atoms with van der Waals surface area (Å²) in [5.74, 6) is -3.01. The fraction of sp³-hybridized carbons (Fsp3) is 0.784. The first kappa shape index (κ1) is 38.4. The van der Waals surface area contributed by atoms with Crippen LogP contribution in [0.2, 0.25) is 0 Å². The Labute approximate surface area is 291 Å². The van der Waals surface area contributed by atoms with E-state index in [0.717, 1.165) is 57.8 Å². The molecule has 12 heteroatoms. The summed E-state index contributed by atoms with van der Waals surface area (Å²) in [7, 11) is 0. The standard InChI is InChI=1S/C37H59N5O7/c1-8-9-17-25(30(44)32(46)38-21-18-26(43)49-37(7)19-13-14-20-37)39-31(45)29-27-24(36(27,5)6)22-42(29)33(47)28(23-15-11-10-12-16-23)40-34(48)41-35(2,3)4/h8,23-25,27-29H,1,9-22H2,2-7H3,(H,38,46)(H,39,45)(H2,40,41,48)/t24-,25?,27-,28-,29-/m0/s1. The number of nitrogens with one attached hydrogen (secondary N) is 4. The number of carbonyl (C=O) groups excluding carboxylic acids is 6. The molecule has 4 N–H and O–H groups in total. The van der Waals surface area contributed by atoms with E-state index >= 15 is 0 Å². The number of ether oxygens (including phenoxy) is 1. The van der Waals surface area contributed by atoms with Crippen molar-refractivity contribution in [3.05, 3.63) is 12.7 Å². The minimum Gasteiger partial charge on any atom is -0.459 e. The van der Waals surface area contributed by atoms with Crippen molar-refractivity contribution in [2.75, 3.05) is 13.1 Å². The van der Waals surface area contributed by atoms with Gasteiger partial charge in [-0.25, -0.2) is 4.79 Å². The van der Waals surface area contributed by atoms with E-state index in [9.17, 15) is 28.8 Å². The highest BCUT2D eigenvalue weighted by Gasteiger charge is 2.69. The number of rotatable bonds is 14. The first-order chi connectivity index (χ1) is 23.0. The predicted molar refractivity (Wildman–Crippen MR) is 185 cm³/mol. The number of urea groups is 1. The SMILES string of the molecule is C=CCCC(NC(=O)[C@@H]1[C@@H]2[C@H](CN1C(=O)[C@@H](NC(=O)NC(C)(C)C)C1CCCCC1)C2(C)C)C(=O)C(=O)NCCC(=O)OC1(C)CCCC1. The van der Waals surface area contributed by atoms with Gasteiger partial charge < -0.3 is 30.9 Å². The number of esters is 1. The molecule has 49 heavy (non-hydrogen) atoms. The zero-order chi connectivity index (χ0) is 36.1. The van der Waals surface area contributed by atoms with Crippen LogP contribution < -0.4 is 21.3 Å². The van der Waals surface area contributed by atoms with Crippen molar-refractivity contribution in [2.24, 2.45) is 23.2 Å². The molecule has 0 aromatic rings. The third-order valence-corrected chi connectivity index (χ3v) is 11.1. The maximum absolute atomic E-state index is 14.4. The van der Waals surface area contributed by atoms with Crippen LogP contribution in [-0.4, -0.2) is 82.8 Å². The lowest BCUT2D eigenvalue weighted by Gasteiger charge is -2.37. The zero-order valence-corrected chi connectivity index (χ0v) is 30.5. The van der Waals surface area contributed by atoms with E-state index in [4.69, 9.17) is 4.74 Å². The summed E-state index contributed by atoms with van der Waals surface area (Å²) >= 11 is 0. The molecule has 12 nitrogen and oxygen atoms in total. The van der Waals surface area contributed by atoms with Crippen LogP contribution in [-0.2, 0) is 28.7 Å². The van der Waals surface area contributed by atoms with E-state index in [1.807, 2.05) is 27.7 Å². The topological polar surface area (TPSA) is 163 Å². The molecule has 5 atom stereocenters. The van der Waals surface area contributed by atoms with Gasteiger partial charge in [-0.15, -0.1) is 6.58 Å². The molecule has 0 spiro atoms. The monoisotopic (exact) mass is 685 g/mol. The Morgan fingerprint density at radius 2 is 1.61 bits per heavy atom. The lowest BCUT2D eigenvalue weighted by molar-refractivity contribution is -0.157. The summed E-state index contributed by atoms with van der Waals surface area (Å²) in [6.45, 7) is 15.7. The van der Waals surface area contributed by atoms with Crippen molar-refractivity contribution in [1.29, 1.82) is 0 Å². The molecular formula is C37H59N5O7. The molecule has 274 valence electrons. The van der Waals surface area contributed by atoms with E-state index in [0.29, 0.717) is 13.0 Å². The van der Waals surface area contributed by atoms with Gasteiger partial charge in [0, 0.05) is 18.6 Å². The van der Waals surface area contributed by atoms with Crippen LogP contribution in [0, 0.1) is 23.2 Å². The summed E-state index contributed by atoms with van der Waals surface area (Å²) < 4.78 is 5.61. The smallest absolute Gasteiger partial charge is 0.315 e. The van der Waals surface area contributed by atoms with Gasteiger partial charge in [-0.2, -0.15) is 0 Å². The number of amides is 5. The third kappa shape index (κ3) is 9.63. The number of piperidine rings is 1. The highest BCUT2D eigenvalue weighted by Crippen LogP contribution is 2.65. The number of allylic oxidation sites excluding steroid dienone is 1. The normalized spacial score (nSPS) is 25.3. The molecule has 4 aliphatic rings. The van der Waals surface area contributed by atoms with Crippen molar-refractivity contribution in [3.63, 3.8) is 0 Å². The van der Waals surface area contributed by atoms with Crippen LogP contribution >= 0.6 is 0 Å². The maximum atomic E-state index is 14.4. The first-order valence-corrected chi connectivity index (χ1v) is 18.3. The Morgan fingerprint density at radius 1 is 0.959 bits per heavy atom. The fourth-order valence-corrected chi connectivity index (χ4v) is 8.24. The molecule has 0 radical (unpaired) electrons. The van der Waals surface area contributed by atoms with Gasteiger partial charge in [-0.1, -0.05) is 39.2 Å². The van der Waals surface area contributed by atoms with Gasteiger partial charge in [0.15, 0.2) is 0 Å². The van der Waals surface area contributed by atoms with Crippen LogP contribution in [0.3, 0.4) is 0 Å². The van der Waals surface area contributed by atoms with Crippen LogP contribution in [0.5, 0.6) is 0 Å². The van der Waals surface area contributed by atoms with Crippen molar-refractivity contribution in [1.82, 2.24) is 26.2 Å². The molecule has 1 aliphatic heterocycles. The molecule has 4 fully saturated rings. The number of hydrogen-bond donors (Lipinski definition) is 4. The lowest BCUT2D eigenvalue weighted by atomic mass is 9.83. The van der Waals surface area contributed by atoms with Crippen molar-refractivity contribution < 1.29 is 33.5 Å². The van der Waals surface area contributed by atoms with Gasteiger partial charge in [0.2, 0.25) is 17.6 Å². The van der Waals surface area contributed by atoms with E-state index in [1.54, 1.807) is 11.0 Å². The van der Waals surface area contributed by atoms with Crippen molar-refractivity contribution in [3.8, 4) is 0 Å². The Hall–Kier alpha value is -3.44. The van der Waals surface area contributed by atoms with Gasteiger partial charge in [0.1, 0.15) is 17.7 Å². The average Bonchev–Trinajstić information content (AvgIpc) is 3.37. The minimum atomic E-state index is -1.14. The van der Waals surface area contributed by atoms with E-state index in [1.165, 1.54) is 0 Å². The second-order valence-corrected chi connectivity index (χ2v) is 16.5.